The summed E-state index contributed by atoms with van der Waals surface area (Å²) in [6.07, 6.45) is 45.8. The quantitative estimate of drug-likeness (QED) is 0.0199. The molecule has 0 spiro atoms. The Balaban J connectivity index is 1.36. The second-order valence-electron chi connectivity index (χ2n) is 28.5. The Labute approximate surface area is 587 Å². The molecule has 3 aliphatic rings. The standard InChI is InChI=1S/C78H145NO18/c1-3-5-7-9-11-13-15-17-19-21-23-24-25-26-27-28-29-30-31-32-33-34-35-36-38-40-42-44-46-48-50-52-54-56-66(84)79-61(62(83)55-53-51-49-47-45-43-41-39-37-22-20-18-16-14-12-10-8-6-4-2)60-92-76-72(90)69(87)74(64(58-81)94-76)97-78-73(91)70(88)75(65(59-82)95-78)96-77-71(89)68(86)67(85)63(57-80)93-77/h37,39,45,47,53,55,61-65,67-78,80-83,85-91H,3-36,38,40-44,46,48-52,54,56-60H2,1-2H3,(H,79,84)/b39-37+,47-45+,55-53+. The van der Waals surface area contributed by atoms with Crippen LogP contribution in [0.25, 0.3) is 0 Å². The summed E-state index contributed by atoms with van der Waals surface area (Å²) in [4.78, 5) is 13.5. The van der Waals surface area contributed by atoms with E-state index in [9.17, 15) is 61.0 Å². The SMILES string of the molecule is CCCCCCCCCCC/C=C/CC/C=C/CC/C=C/C(O)C(COC1OC(CO)C(OC2OC(CO)C(OC3OC(CO)C(O)C(O)C3O)C(O)C2O)C(O)C1O)NC(=O)CCCCCCCCCCCCCCCCCCCCCCCCCCCCCCCCCCC. The lowest BCUT2D eigenvalue weighted by atomic mass is 9.96. The van der Waals surface area contributed by atoms with Gasteiger partial charge in [0.15, 0.2) is 18.9 Å². The molecule has 3 heterocycles. The molecule has 0 aromatic heterocycles. The smallest absolute Gasteiger partial charge is 0.220 e. The molecule has 0 aromatic carbocycles. The highest BCUT2D eigenvalue weighted by Gasteiger charge is 2.53. The van der Waals surface area contributed by atoms with Gasteiger partial charge in [0, 0.05) is 6.42 Å². The molecule has 12 N–H and O–H groups in total. The van der Waals surface area contributed by atoms with Crippen molar-refractivity contribution in [2.45, 2.75) is 426 Å². The highest BCUT2D eigenvalue weighted by atomic mass is 16.8. The molecule has 0 radical (unpaired) electrons. The first-order valence-electron chi connectivity index (χ1n) is 39.7. The van der Waals surface area contributed by atoms with Crippen molar-refractivity contribution >= 4 is 5.91 Å². The van der Waals surface area contributed by atoms with Crippen LogP contribution in [0.1, 0.15) is 322 Å². The van der Waals surface area contributed by atoms with Crippen molar-refractivity contribution in [3.63, 3.8) is 0 Å². The molecule has 19 heteroatoms. The normalized spacial score (nSPS) is 27.0. The van der Waals surface area contributed by atoms with Crippen molar-refractivity contribution in [3.05, 3.63) is 36.5 Å². The van der Waals surface area contributed by atoms with E-state index in [1.807, 2.05) is 6.08 Å². The zero-order valence-corrected chi connectivity index (χ0v) is 60.8. The second-order valence-corrected chi connectivity index (χ2v) is 28.5. The Morgan fingerprint density at radius 1 is 0.361 bits per heavy atom. The molecule has 0 bridgehead atoms. The van der Waals surface area contributed by atoms with Crippen LogP contribution in [0.15, 0.2) is 36.5 Å². The van der Waals surface area contributed by atoms with Crippen LogP contribution in [0, 0.1) is 0 Å². The number of amides is 1. The van der Waals surface area contributed by atoms with Gasteiger partial charge in [0.05, 0.1) is 38.6 Å². The summed E-state index contributed by atoms with van der Waals surface area (Å²) in [5.41, 5.74) is 0. The molecule has 97 heavy (non-hydrogen) atoms. The molecule has 17 atom stereocenters. The third kappa shape index (κ3) is 40.0. The predicted molar refractivity (Wildman–Crippen MR) is 383 cm³/mol. The first-order valence-corrected chi connectivity index (χ1v) is 39.7. The highest BCUT2D eigenvalue weighted by Crippen LogP contribution is 2.33. The number of rotatable bonds is 63. The molecule has 3 fully saturated rings. The van der Waals surface area contributed by atoms with Crippen LogP contribution in [-0.2, 0) is 33.2 Å². The van der Waals surface area contributed by atoms with E-state index >= 15 is 0 Å². The third-order valence-corrected chi connectivity index (χ3v) is 19.9. The number of hydrogen-bond donors (Lipinski definition) is 12. The highest BCUT2D eigenvalue weighted by molar-refractivity contribution is 5.76. The van der Waals surface area contributed by atoms with Gasteiger partial charge in [-0.05, 0) is 44.9 Å². The molecular formula is C78H145NO18. The Morgan fingerprint density at radius 3 is 1.03 bits per heavy atom. The average Bonchev–Trinajstić information content (AvgIpc) is 0.789. The summed E-state index contributed by atoms with van der Waals surface area (Å²) >= 11 is 0. The number of carbonyl (C=O) groups is 1. The molecule has 3 saturated heterocycles. The maximum atomic E-state index is 13.5. The summed E-state index contributed by atoms with van der Waals surface area (Å²) in [5, 5.41) is 121. The first-order chi connectivity index (χ1) is 47.3. The molecule has 17 unspecified atom stereocenters. The summed E-state index contributed by atoms with van der Waals surface area (Å²) in [5.74, 6) is -0.283. The lowest BCUT2D eigenvalue weighted by Gasteiger charge is -2.48. The van der Waals surface area contributed by atoms with Gasteiger partial charge < -0.3 is 89.9 Å². The summed E-state index contributed by atoms with van der Waals surface area (Å²) in [6.45, 7) is 1.75. The lowest BCUT2D eigenvalue weighted by molar-refractivity contribution is -0.379. The molecular weight excluding hydrogens is 1240 g/mol. The van der Waals surface area contributed by atoms with E-state index in [-0.39, 0.29) is 18.9 Å². The van der Waals surface area contributed by atoms with Crippen molar-refractivity contribution in [3.8, 4) is 0 Å². The Kier molecular flexibility index (Phi) is 54.6. The number of carbonyl (C=O) groups excluding carboxylic acids is 1. The van der Waals surface area contributed by atoms with Gasteiger partial charge in [0.1, 0.15) is 73.2 Å². The number of aliphatic hydroxyl groups excluding tert-OH is 11. The number of ether oxygens (including phenoxy) is 6. The van der Waals surface area contributed by atoms with E-state index in [1.54, 1.807) is 6.08 Å². The molecule has 3 aliphatic heterocycles. The van der Waals surface area contributed by atoms with E-state index in [2.05, 4.69) is 43.5 Å². The Hall–Kier alpha value is -1.99. The van der Waals surface area contributed by atoms with E-state index in [4.69, 9.17) is 28.4 Å². The molecule has 0 aromatic rings. The molecule has 19 nitrogen and oxygen atoms in total. The number of hydrogen-bond acceptors (Lipinski definition) is 18. The zero-order valence-electron chi connectivity index (χ0n) is 60.8. The monoisotopic (exact) mass is 1380 g/mol. The van der Waals surface area contributed by atoms with Crippen LogP contribution in [0.4, 0.5) is 0 Å². The topological polar surface area (TPSA) is 307 Å². The second kappa shape index (κ2) is 59.4. The summed E-state index contributed by atoms with van der Waals surface area (Å²) < 4.78 is 34.4. The number of unbranched alkanes of at least 4 members (excludes halogenated alkanes) is 43. The molecule has 1 amide bonds. The number of allylic oxidation sites excluding steroid dienone is 5. The van der Waals surface area contributed by atoms with Crippen LogP contribution in [0.3, 0.4) is 0 Å². The fourth-order valence-electron chi connectivity index (χ4n) is 13.5. The third-order valence-electron chi connectivity index (χ3n) is 19.9. The van der Waals surface area contributed by atoms with Gasteiger partial charge in [-0.25, -0.2) is 0 Å². The van der Waals surface area contributed by atoms with Crippen LogP contribution in [0.2, 0.25) is 0 Å². The van der Waals surface area contributed by atoms with Crippen LogP contribution < -0.4 is 5.32 Å². The van der Waals surface area contributed by atoms with Crippen molar-refractivity contribution < 1.29 is 89.4 Å². The van der Waals surface area contributed by atoms with Gasteiger partial charge in [-0.1, -0.05) is 307 Å². The minimum absolute atomic E-state index is 0.236. The number of nitrogens with one attached hydrogen (secondary N) is 1. The van der Waals surface area contributed by atoms with Crippen LogP contribution in [-0.4, -0.2) is 193 Å². The Bertz CT molecular complexity index is 1900. The fraction of sp³-hybridized carbons (Fsp3) is 0.910. The predicted octanol–water partition coefficient (Wildman–Crippen LogP) is 12.7. The van der Waals surface area contributed by atoms with Gasteiger partial charge >= 0.3 is 0 Å². The maximum Gasteiger partial charge on any atom is 0.220 e. The van der Waals surface area contributed by atoms with E-state index in [1.165, 1.54) is 244 Å². The zero-order chi connectivity index (χ0) is 70.4. The van der Waals surface area contributed by atoms with E-state index in [0.29, 0.717) is 12.8 Å². The van der Waals surface area contributed by atoms with Gasteiger partial charge in [0.2, 0.25) is 5.91 Å². The van der Waals surface area contributed by atoms with Gasteiger partial charge in [-0.2, -0.15) is 0 Å². The van der Waals surface area contributed by atoms with Crippen LogP contribution >= 0.6 is 0 Å². The van der Waals surface area contributed by atoms with Gasteiger partial charge in [-0.3, -0.25) is 4.79 Å². The Morgan fingerprint density at radius 2 is 0.660 bits per heavy atom. The summed E-state index contributed by atoms with van der Waals surface area (Å²) in [7, 11) is 0. The molecule has 0 aliphatic carbocycles. The van der Waals surface area contributed by atoms with Gasteiger partial charge in [-0.15, -0.1) is 0 Å². The average molecular weight is 1390 g/mol. The van der Waals surface area contributed by atoms with E-state index < -0.39 is 124 Å². The largest absolute Gasteiger partial charge is 0.394 e. The number of aliphatic hydroxyl groups is 11. The minimum atomic E-state index is -1.98. The van der Waals surface area contributed by atoms with Crippen LogP contribution in [0.5, 0.6) is 0 Å². The van der Waals surface area contributed by atoms with Crippen molar-refractivity contribution in [2.24, 2.45) is 0 Å². The summed E-state index contributed by atoms with van der Waals surface area (Å²) in [6, 6.07) is -0.995. The molecule has 0 saturated carbocycles. The molecule has 3 rings (SSSR count). The lowest BCUT2D eigenvalue weighted by Crippen LogP contribution is -2.66. The minimum Gasteiger partial charge on any atom is -0.394 e. The maximum absolute atomic E-state index is 13.5. The van der Waals surface area contributed by atoms with Gasteiger partial charge in [0.25, 0.3) is 0 Å². The molecule has 570 valence electrons. The fourth-order valence-corrected chi connectivity index (χ4v) is 13.5. The first kappa shape index (κ1) is 89.2. The van der Waals surface area contributed by atoms with Crippen molar-refractivity contribution in [2.75, 3.05) is 26.4 Å². The van der Waals surface area contributed by atoms with E-state index in [0.717, 1.165) is 44.9 Å². The van der Waals surface area contributed by atoms with Crippen molar-refractivity contribution in [1.29, 1.82) is 0 Å². The van der Waals surface area contributed by atoms with Crippen molar-refractivity contribution in [1.82, 2.24) is 5.32 Å².